The molecule has 230 valence electrons. The lowest BCUT2D eigenvalue weighted by atomic mass is 10.0. The van der Waals surface area contributed by atoms with Crippen LogP contribution < -0.4 is 20.7 Å². The molecule has 0 aliphatic carbocycles. The van der Waals surface area contributed by atoms with Crippen molar-refractivity contribution in [3.05, 3.63) is 100.0 Å². The molecule has 3 aliphatic heterocycles. The van der Waals surface area contributed by atoms with E-state index in [1.165, 1.54) is 28.8 Å². The minimum atomic E-state index is -1.56. The highest BCUT2D eigenvalue weighted by molar-refractivity contribution is 8.00. The zero-order valence-corrected chi connectivity index (χ0v) is 25.3. The Morgan fingerprint density at radius 3 is 2.60 bits per heavy atom. The molecule has 2 fully saturated rings. The molecule has 1 aromatic carbocycles. The molecule has 2 saturated heterocycles. The van der Waals surface area contributed by atoms with Crippen LogP contribution in [-0.2, 0) is 32.3 Å². The maximum absolute atomic E-state index is 13.3. The number of β-lactam (4-membered cyclic amide) rings is 1. The Morgan fingerprint density at radius 1 is 1.18 bits per heavy atom. The van der Waals surface area contributed by atoms with E-state index in [4.69, 9.17) is 5.73 Å². The summed E-state index contributed by atoms with van der Waals surface area (Å²) >= 11 is 2.28. The molecule has 2 atom stereocenters. The van der Waals surface area contributed by atoms with Crippen LogP contribution >= 0.6 is 23.1 Å². The van der Waals surface area contributed by atoms with Gasteiger partial charge < -0.3 is 31.1 Å². The van der Waals surface area contributed by atoms with Gasteiger partial charge >= 0.3 is 0 Å². The first-order valence-corrected chi connectivity index (χ1v) is 15.8. The van der Waals surface area contributed by atoms with Crippen LogP contribution in [0.15, 0.2) is 88.3 Å². The van der Waals surface area contributed by atoms with Crippen molar-refractivity contribution in [2.45, 2.75) is 30.9 Å². The number of likely N-dealkylation sites (tertiary alicyclic amines) is 1. The van der Waals surface area contributed by atoms with Gasteiger partial charge in [-0.1, -0.05) is 35.5 Å². The molecule has 4 N–H and O–H groups in total. The highest BCUT2D eigenvalue weighted by Crippen LogP contribution is 2.41. The fraction of sp³-hybridized carbons (Fsp3) is 0.233. The monoisotopic (exact) mass is 645 g/mol. The van der Waals surface area contributed by atoms with E-state index in [1.807, 2.05) is 42.7 Å². The van der Waals surface area contributed by atoms with Crippen molar-refractivity contribution in [2.24, 2.45) is 5.16 Å². The topological polar surface area (TPSA) is 185 Å². The maximum atomic E-state index is 13.3. The SMILES string of the molecule is Nc1nc(C(=NO)C(=O)N[C@@H]2C(=O)N3C(C(=O)[O-])=C(C=C4CCN(Cc5cc[n+](Cc6ccccc6)cc5)C4=O)CS[C@H]23)cs1. The molecular formula is C30H27N7O6S2. The number of aromatic nitrogens is 2. The number of pyridine rings is 1. The Balaban J connectivity index is 1.12. The number of carbonyl (C=O) groups excluding carboxylic acids is 4. The molecule has 6 rings (SSSR count). The van der Waals surface area contributed by atoms with Crippen molar-refractivity contribution in [1.29, 1.82) is 0 Å². The number of nitrogens with one attached hydrogen (secondary N) is 1. The molecule has 3 aromatic rings. The van der Waals surface area contributed by atoms with Crippen LogP contribution in [0.3, 0.4) is 0 Å². The van der Waals surface area contributed by atoms with Crippen LogP contribution in [0.1, 0.15) is 23.2 Å². The van der Waals surface area contributed by atoms with Crippen molar-refractivity contribution < 1.29 is 34.1 Å². The summed E-state index contributed by atoms with van der Waals surface area (Å²) in [5.74, 6) is -3.12. The third-order valence-corrected chi connectivity index (χ3v) is 9.64. The number of rotatable bonds is 9. The molecule has 3 aliphatic rings. The van der Waals surface area contributed by atoms with E-state index in [0.717, 1.165) is 28.3 Å². The van der Waals surface area contributed by atoms with E-state index in [0.29, 0.717) is 25.1 Å². The first kappa shape index (κ1) is 30.0. The molecule has 13 nitrogen and oxygen atoms in total. The lowest BCUT2D eigenvalue weighted by molar-refractivity contribution is -0.688. The average molecular weight is 646 g/mol. The number of allylic oxidation sites excluding steroid dienone is 1. The van der Waals surface area contributed by atoms with E-state index in [1.54, 1.807) is 4.90 Å². The van der Waals surface area contributed by atoms with Gasteiger partial charge in [0.05, 0.1) is 11.7 Å². The molecule has 3 amide bonds. The van der Waals surface area contributed by atoms with Crippen molar-refractivity contribution in [3.8, 4) is 0 Å². The molecule has 2 aromatic heterocycles. The summed E-state index contributed by atoms with van der Waals surface area (Å²) in [6.45, 7) is 1.62. The number of anilines is 1. The standard InChI is InChI=1S/C30H27N7O6S2/c31-30-32-21(16-45-30)22(34-43)25(38)33-23-27(40)37-24(29(41)42)20(15-44-28(23)37)12-19-8-11-36(26(19)39)14-18-6-9-35(10-7-18)13-17-4-2-1-3-5-17/h1-7,9-10,12,16,23,28H,8,11,13-15H2,(H4-,31,32,33,38,41,42,43)/t23-,28-/m1/s1. The largest absolute Gasteiger partial charge is 0.543 e. The Labute approximate surface area is 265 Å². The second-order valence-corrected chi connectivity index (χ2v) is 12.5. The number of oxime groups is 1. The van der Waals surface area contributed by atoms with Gasteiger partial charge in [0, 0.05) is 47.5 Å². The van der Waals surface area contributed by atoms with Gasteiger partial charge in [0.1, 0.15) is 17.1 Å². The van der Waals surface area contributed by atoms with Gasteiger partial charge in [-0.3, -0.25) is 19.3 Å². The molecule has 45 heavy (non-hydrogen) atoms. The number of carboxylic acid groups (broad SMARTS) is 1. The number of amides is 3. The number of fused-ring (bicyclic) bond motifs is 1. The van der Waals surface area contributed by atoms with E-state index < -0.39 is 34.9 Å². The Bertz CT molecular complexity index is 1770. The number of hydrogen-bond acceptors (Lipinski definition) is 11. The van der Waals surface area contributed by atoms with Crippen LogP contribution in [-0.4, -0.2) is 73.1 Å². The molecule has 5 heterocycles. The lowest BCUT2D eigenvalue weighted by Crippen LogP contribution is -2.71. The third kappa shape index (κ3) is 6.04. The second-order valence-electron chi connectivity index (χ2n) is 10.6. The van der Waals surface area contributed by atoms with Gasteiger partial charge in [0.25, 0.3) is 11.8 Å². The molecule has 15 heteroatoms. The predicted molar refractivity (Wildman–Crippen MR) is 162 cm³/mol. The number of thioether (sulfide) groups is 1. The van der Waals surface area contributed by atoms with Crippen molar-refractivity contribution in [3.63, 3.8) is 0 Å². The number of hydrogen-bond donors (Lipinski definition) is 3. The minimum Gasteiger partial charge on any atom is -0.543 e. The van der Waals surface area contributed by atoms with Crippen molar-refractivity contribution in [2.75, 3.05) is 18.0 Å². The number of aliphatic carboxylic acids is 1. The first-order chi connectivity index (χ1) is 21.7. The smallest absolute Gasteiger partial charge is 0.276 e. The van der Waals surface area contributed by atoms with Gasteiger partial charge in [-0.2, -0.15) is 0 Å². The van der Waals surface area contributed by atoms with Gasteiger partial charge in [-0.05, 0) is 23.6 Å². The minimum absolute atomic E-state index is 0.0379. The Morgan fingerprint density at radius 2 is 1.93 bits per heavy atom. The van der Waals surface area contributed by atoms with Crippen LogP contribution in [0.25, 0.3) is 0 Å². The van der Waals surface area contributed by atoms with Gasteiger partial charge in [-0.15, -0.1) is 23.1 Å². The molecule has 0 spiro atoms. The highest BCUT2D eigenvalue weighted by atomic mass is 32.2. The average Bonchev–Trinajstić information content (AvgIpc) is 3.61. The Kier molecular flexibility index (Phi) is 8.36. The number of nitrogen functional groups attached to an aromatic ring is 1. The fourth-order valence-corrected chi connectivity index (χ4v) is 7.29. The van der Waals surface area contributed by atoms with E-state index >= 15 is 0 Å². The summed E-state index contributed by atoms with van der Waals surface area (Å²) in [5.41, 5.74) is 7.75. The van der Waals surface area contributed by atoms with E-state index in [2.05, 4.69) is 32.2 Å². The lowest BCUT2D eigenvalue weighted by Gasteiger charge is -2.50. The first-order valence-electron chi connectivity index (χ1n) is 13.9. The quantitative estimate of drug-likeness (QED) is 0.0720. The Hall–Kier alpha value is -5.02. The molecule has 0 saturated carbocycles. The second kappa shape index (κ2) is 12.5. The number of benzene rings is 1. The highest BCUT2D eigenvalue weighted by Gasteiger charge is 2.53. The molecular weight excluding hydrogens is 619 g/mol. The summed E-state index contributed by atoms with van der Waals surface area (Å²) in [7, 11) is 0. The number of nitrogens with two attached hydrogens (primary N) is 1. The number of carbonyl (C=O) groups is 4. The van der Waals surface area contributed by atoms with Gasteiger partial charge in [-0.25, -0.2) is 9.55 Å². The van der Waals surface area contributed by atoms with Crippen LogP contribution in [0, 0.1) is 0 Å². The van der Waals surface area contributed by atoms with Gasteiger partial charge in [0.15, 0.2) is 29.8 Å². The van der Waals surface area contributed by atoms with Gasteiger partial charge in [0.2, 0.25) is 5.91 Å². The summed E-state index contributed by atoms with van der Waals surface area (Å²) < 4.78 is 2.06. The summed E-state index contributed by atoms with van der Waals surface area (Å²) in [4.78, 5) is 58.0. The van der Waals surface area contributed by atoms with E-state index in [9.17, 15) is 29.5 Å². The predicted octanol–water partition coefficient (Wildman–Crippen LogP) is 0.00220. The summed E-state index contributed by atoms with van der Waals surface area (Å²) in [6, 6.07) is 13.0. The molecule has 0 radical (unpaired) electrons. The number of thiazole rings is 1. The molecule has 0 unspecified atom stereocenters. The number of carboxylic acids is 1. The maximum Gasteiger partial charge on any atom is 0.276 e. The van der Waals surface area contributed by atoms with Crippen LogP contribution in [0.2, 0.25) is 0 Å². The normalized spacial score (nSPS) is 20.8. The zero-order chi connectivity index (χ0) is 31.7. The van der Waals surface area contributed by atoms with Crippen molar-refractivity contribution in [1.82, 2.24) is 20.1 Å². The number of nitrogens with zero attached hydrogens (tertiary/aromatic N) is 5. The van der Waals surface area contributed by atoms with Crippen LogP contribution in [0.5, 0.6) is 0 Å². The summed E-state index contributed by atoms with van der Waals surface area (Å²) in [6.07, 6.45) is 5.91. The summed E-state index contributed by atoms with van der Waals surface area (Å²) in [5, 5.41) is 27.9. The third-order valence-electron chi connectivity index (χ3n) is 7.66. The fourth-order valence-electron chi connectivity index (χ4n) is 5.44. The van der Waals surface area contributed by atoms with Crippen molar-refractivity contribution >= 4 is 57.6 Å². The van der Waals surface area contributed by atoms with Crippen LogP contribution in [0.4, 0.5) is 5.13 Å². The molecule has 0 bridgehead atoms. The zero-order valence-electron chi connectivity index (χ0n) is 23.7. The van der Waals surface area contributed by atoms with E-state index in [-0.39, 0.29) is 33.8 Å².